The first-order valence-electron chi connectivity index (χ1n) is 8.00. The SMILES string of the molecule is Cn1nccc1Cn1c(=O)c2c(c3cccnc31)CCN(C(=O)O)C2. The molecule has 0 fully saturated rings. The van der Waals surface area contributed by atoms with Gasteiger partial charge in [0.25, 0.3) is 5.56 Å². The van der Waals surface area contributed by atoms with Gasteiger partial charge >= 0.3 is 6.09 Å². The molecule has 0 radical (unpaired) electrons. The summed E-state index contributed by atoms with van der Waals surface area (Å²) >= 11 is 0. The zero-order chi connectivity index (χ0) is 17.6. The maximum absolute atomic E-state index is 13.1. The van der Waals surface area contributed by atoms with Crippen LogP contribution < -0.4 is 5.56 Å². The van der Waals surface area contributed by atoms with Crippen LogP contribution in [0.25, 0.3) is 11.0 Å². The van der Waals surface area contributed by atoms with E-state index < -0.39 is 6.09 Å². The highest BCUT2D eigenvalue weighted by atomic mass is 16.4. The lowest BCUT2D eigenvalue weighted by Crippen LogP contribution is -2.40. The second-order valence-electron chi connectivity index (χ2n) is 6.12. The molecule has 0 atom stereocenters. The fourth-order valence-corrected chi connectivity index (χ4v) is 3.39. The minimum absolute atomic E-state index is 0.111. The van der Waals surface area contributed by atoms with Gasteiger partial charge in [0.1, 0.15) is 5.65 Å². The summed E-state index contributed by atoms with van der Waals surface area (Å²) in [5.74, 6) is 0. The van der Waals surface area contributed by atoms with E-state index in [-0.39, 0.29) is 12.1 Å². The molecule has 1 aliphatic heterocycles. The number of pyridine rings is 2. The van der Waals surface area contributed by atoms with Crippen molar-refractivity contribution in [3.63, 3.8) is 0 Å². The Hall–Kier alpha value is -3.16. The molecule has 8 nitrogen and oxygen atoms in total. The molecule has 8 heteroatoms. The molecule has 3 aromatic heterocycles. The summed E-state index contributed by atoms with van der Waals surface area (Å²) in [6.45, 7) is 0.834. The lowest BCUT2D eigenvalue weighted by Gasteiger charge is -2.27. The van der Waals surface area contributed by atoms with Crippen molar-refractivity contribution < 1.29 is 9.90 Å². The van der Waals surface area contributed by atoms with Gasteiger partial charge in [0.15, 0.2) is 0 Å². The van der Waals surface area contributed by atoms with Crippen LogP contribution in [0, 0.1) is 0 Å². The number of amides is 1. The van der Waals surface area contributed by atoms with E-state index in [0.29, 0.717) is 30.7 Å². The third kappa shape index (κ3) is 2.46. The Bertz CT molecular complexity index is 1040. The monoisotopic (exact) mass is 339 g/mol. The van der Waals surface area contributed by atoms with E-state index in [1.807, 2.05) is 25.2 Å². The fourth-order valence-electron chi connectivity index (χ4n) is 3.39. The Kier molecular flexibility index (Phi) is 3.52. The molecular weight excluding hydrogens is 322 g/mol. The largest absolute Gasteiger partial charge is 0.465 e. The Balaban J connectivity index is 1.94. The number of hydrogen-bond donors (Lipinski definition) is 1. The third-order valence-electron chi connectivity index (χ3n) is 4.73. The van der Waals surface area contributed by atoms with Gasteiger partial charge in [-0.05, 0) is 30.2 Å². The van der Waals surface area contributed by atoms with Crippen molar-refractivity contribution in [1.29, 1.82) is 0 Å². The van der Waals surface area contributed by atoms with Crippen molar-refractivity contribution in [1.82, 2.24) is 24.2 Å². The molecule has 0 bridgehead atoms. The predicted molar refractivity (Wildman–Crippen MR) is 90.5 cm³/mol. The molecule has 3 aromatic rings. The quantitative estimate of drug-likeness (QED) is 0.757. The summed E-state index contributed by atoms with van der Waals surface area (Å²) in [6.07, 6.45) is 2.86. The van der Waals surface area contributed by atoms with Crippen LogP contribution in [-0.4, -0.2) is 42.0 Å². The molecule has 25 heavy (non-hydrogen) atoms. The van der Waals surface area contributed by atoms with Crippen LogP contribution in [0.15, 0.2) is 35.4 Å². The molecule has 1 amide bonds. The minimum Gasteiger partial charge on any atom is -0.465 e. The number of rotatable bonds is 2. The molecule has 0 saturated carbocycles. The molecular formula is C17H17N5O3. The predicted octanol–water partition coefficient (Wildman–Crippen LogP) is 1.21. The average Bonchev–Trinajstić information content (AvgIpc) is 3.03. The first-order valence-corrected chi connectivity index (χ1v) is 8.00. The molecule has 0 unspecified atom stereocenters. The third-order valence-corrected chi connectivity index (χ3v) is 4.73. The topological polar surface area (TPSA) is 93.3 Å². The first-order chi connectivity index (χ1) is 12.1. The molecule has 0 saturated heterocycles. The summed E-state index contributed by atoms with van der Waals surface area (Å²) in [4.78, 5) is 30.1. The smallest absolute Gasteiger partial charge is 0.407 e. The van der Waals surface area contributed by atoms with Crippen LogP contribution in [0.5, 0.6) is 0 Å². The van der Waals surface area contributed by atoms with Gasteiger partial charge in [0.2, 0.25) is 0 Å². The van der Waals surface area contributed by atoms with Gasteiger partial charge in [-0.15, -0.1) is 0 Å². The zero-order valence-corrected chi connectivity index (χ0v) is 13.7. The highest BCUT2D eigenvalue weighted by Gasteiger charge is 2.26. The van der Waals surface area contributed by atoms with Crippen molar-refractivity contribution >= 4 is 17.1 Å². The van der Waals surface area contributed by atoms with E-state index in [9.17, 15) is 14.7 Å². The summed E-state index contributed by atoms with van der Waals surface area (Å²) in [6, 6.07) is 5.63. The zero-order valence-electron chi connectivity index (χ0n) is 13.7. The molecule has 1 aliphatic rings. The Morgan fingerprint density at radius 3 is 2.84 bits per heavy atom. The second-order valence-corrected chi connectivity index (χ2v) is 6.12. The first kappa shape index (κ1) is 15.4. The summed E-state index contributed by atoms with van der Waals surface area (Å²) < 4.78 is 3.32. The van der Waals surface area contributed by atoms with Gasteiger partial charge in [-0.1, -0.05) is 0 Å². The highest BCUT2D eigenvalue weighted by Crippen LogP contribution is 2.24. The Labute approximate surface area is 142 Å². The summed E-state index contributed by atoms with van der Waals surface area (Å²) in [5, 5.41) is 14.3. The van der Waals surface area contributed by atoms with Crippen molar-refractivity contribution in [2.45, 2.75) is 19.5 Å². The molecule has 0 aromatic carbocycles. The van der Waals surface area contributed by atoms with Crippen molar-refractivity contribution in [3.8, 4) is 0 Å². The molecule has 0 aliphatic carbocycles. The number of aromatic nitrogens is 4. The second kappa shape index (κ2) is 5.73. The van der Waals surface area contributed by atoms with E-state index >= 15 is 0 Å². The van der Waals surface area contributed by atoms with Crippen LogP contribution in [0.3, 0.4) is 0 Å². The maximum Gasteiger partial charge on any atom is 0.407 e. The van der Waals surface area contributed by atoms with Gasteiger partial charge in [-0.3, -0.25) is 14.0 Å². The van der Waals surface area contributed by atoms with Crippen LogP contribution in [0.1, 0.15) is 16.8 Å². The number of nitrogens with zero attached hydrogens (tertiary/aromatic N) is 5. The molecule has 4 rings (SSSR count). The van der Waals surface area contributed by atoms with Gasteiger partial charge < -0.3 is 10.0 Å². The average molecular weight is 339 g/mol. The van der Waals surface area contributed by atoms with E-state index in [1.165, 1.54) is 4.90 Å². The van der Waals surface area contributed by atoms with Crippen molar-refractivity contribution in [3.05, 3.63) is 57.8 Å². The highest BCUT2D eigenvalue weighted by molar-refractivity contribution is 5.81. The van der Waals surface area contributed by atoms with E-state index in [4.69, 9.17) is 0 Å². The maximum atomic E-state index is 13.1. The summed E-state index contributed by atoms with van der Waals surface area (Å²) in [7, 11) is 1.82. The molecule has 0 spiro atoms. The number of hydrogen-bond acceptors (Lipinski definition) is 4. The number of carbonyl (C=O) groups is 1. The molecule has 128 valence electrons. The number of fused-ring (bicyclic) bond motifs is 3. The van der Waals surface area contributed by atoms with E-state index in [0.717, 1.165) is 16.6 Å². The minimum atomic E-state index is -1.01. The van der Waals surface area contributed by atoms with Gasteiger partial charge in [0.05, 0.1) is 18.8 Å². The van der Waals surface area contributed by atoms with Crippen LogP contribution >= 0.6 is 0 Å². The fraction of sp³-hybridized carbons (Fsp3) is 0.294. The van der Waals surface area contributed by atoms with Crippen molar-refractivity contribution in [2.24, 2.45) is 7.05 Å². The molecule has 1 N–H and O–H groups in total. The lowest BCUT2D eigenvalue weighted by atomic mass is 9.97. The Morgan fingerprint density at radius 2 is 2.12 bits per heavy atom. The standard InChI is InChI=1S/C17H17N5O3/c1-20-11(4-7-19-20)9-22-15-13(3-2-6-18-15)12-5-8-21(17(24)25)10-14(12)16(22)23/h2-4,6-7H,5,8-10H2,1H3,(H,24,25). The van der Waals surface area contributed by atoms with Crippen LogP contribution in [0.2, 0.25) is 0 Å². The van der Waals surface area contributed by atoms with Gasteiger partial charge in [-0.2, -0.15) is 5.10 Å². The van der Waals surface area contributed by atoms with Crippen LogP contribution in [0.4, 0.5) is 4.79 Å². The van der Waals surface area contributed by atoms with E-state index in [2.05, 4.69) is 10.1 Å². The lowest BCUT2D eigenvalue weighted by molar-refractivity contribution is 0.139. The van der Waals surface area contributed by atoms with Crippen molar-refractivity contribution in [2.75, 3.05) is 6.54 Å². The molecule has 4 heterocycles. The Morgan fingerprint density at radius 1 is 1.28 bits per heavy atom. The van der Waals surface area contributed by atoms with E-state index in [1.54, 1.807) is 21.6 Å². The summed E-state index contributed by atoms with van der Waals surface area (Å²) in [5.41, 5.74) is 2.76. The normalized spacial score (nSPS) is 13.9. The number of carboxylic acid groups (broad SMARTS) is 1. The number of aryl methyl sites for hydroxylation is 1. The van der Waals surface area contributed by atoms with Crippen LogP contribution in [-0.2, 0) is 26.6 Å². The van der Waals surface area contributed by atoms with Gasteiger partial charge in [0, 0.05) is 36.9 Å². The van der Waals surface area contributed by atoms with Gasteiger partial charge in [-0.25, -0.2) is 9.78 Å².